The summed E-state index contributed by atoms with van der Waals surface area (Å²) >= 11 is 0. The normalized spacial score (nSPS) is 10.6. The second kappa shape index (κ2) is 8.39. The quantitative estimate of drug-likeness (QED) is 0.759. The Hall–Kier alpha value is -1.91. The van der Waals surface area contributed by atoms with Gasteiger partial charge in [-0.1, -0.05) is 30.3 Å². The first kappa shape index (κ1) is 15.5. The van der Waals surface area contributed by atoms with E-state index in [0.29, 0.717) is 25.3 Å². The summed E-state index contributed by atoms with van der Waals surface area (Å²) < 4.78 is 24.4. The highest BCUT2D eigenvalue weighted by Crippen LogP contribution is 2.13. The average Bonchev–Trinajstić information content (AvgIpc) is 2.52. The maximum absolute atomic E-state index is 13.3. The Labute approximate surface area is 124 Å². The molecule has 0 fully saturated rings. The molecule has 0 radical (unpaired) electrons. The van der Waals surface area contributed by atoms with Crippen molar-refractivity contribution in [2.75, 3.05) is 13.2 Å². The minimum atomic E-state index is -0.229. The van der Waals surface area contributed by atoms with E-state index < -0.39 is 0 Å². The van der Waals surface area contributed by atoms with Crippen molar-refractivity contribution in [3.8, 4) is 5.75 Å². The summed E-state index contributed by atoms with van der Waals surface area (Å²) in [6.45, 7) is 1.88. The van der Waals surface area contributed by atoms with E-state index in [4.69, 9.17) is 15.2 Å². The molecule has 0 atom stereocenters. The fourth-order valence-electron chi connectivity index (χ4n) is 1.91. The number of hydrogen-bond donors (Lipinski definition) is 1. The lowest BCUT2D eigenvalue weighted by Crippen LogP contribution is -2.04. The Morgan fingerprint density at radius 2 is 1.86 bits per heavy atom. The zero-order chi connectivity index (χ0) is 14.9. The van der Waals surface area contributed by atoms with Crippen molar-refractivity contribution in [2.24, 2.45) is 5.73 Å². The number of ether oxygens (including phenoxy) is 2. The van der Waals surface area contributed by atoms with Gasteiger partial charge in [0.2, 0.25) is 0 Å². The molecule has 2 rings (SSSR count). The number of hydrogen-bond acceptors (Lipinski definition) is 3. The van der Waals surface area contributed by atoms with Gasteiger partial charge in [-0.05, 0) is 23.8 Å². The first-order chi connectivity index (χ1) is 10.3. The minimum Gasteiger partial charge on any atom is -0.493 e. The second-order valence-corrected chi connectivity index (χ2v) is 4.70. The summed E-state index contributed by atoms with van der Waals surface area (Å²) in [5.41, 5.74) is 7.20. The molecule has 0 aliphatic rings. The molecule has 0 saturated carbocycles. The molecule has 0 unspecified atom stereocenters. The van der Waals surface area contributed by atoms with Gasteiger partial charge in [0.25, 0.3) is 0 Å². The maximum Gasteiger partial charge on any atom is 0.128 e. The zero-order valence-electron chi connectivity index (χ0n) is 11.9. The van der Waals surface area contributed by atoms with Crippen LogP contribution in [0.1, 0.15) is 17.5 Å². The molecule has 0 aromatic heterocycles. The van der Waals surface area contributed by atoms with Crippen LogP contribution in [-0.2, 0) is 17.9 Å². The zero-order valence-corrected chi connectivity index (χ0v) is 11.9. The molecular formula is C17H20FNO2. The fourth-order valence-corrected chi connectivity index (χ4v) is 1.91. The molecule has 21 heavy (non-hydrogen) atoms. The van der Waals surface area contributed by atoms with Crippen LogP contribution in [0.5, 0.6) is 5.75 Å². The molecule has 0 heterocycles. The van der Waals surface area contributed by atoms with Gasteiger partial charge in [-0.25, -0.2) is 4.39 Å². The van der Waals surface area contributed by atoms with Crippen molar-refractivity contribution in [1.82, 2.24) is 0 Å². The smallest absolute Gasteiger partial charge is 0.128 e. The highest BCUT2D eigenvalue weighted by molar-refractivity contribution is 5.28. The number of nitrogens with two attached hydrogens (primary N) is 1. The van der Waals surface area contributed by atoms with Gasteiger partial charge in [-0.15, -0.1) is 0 Å². The minimum absolute atomic E-state index is 0.229. The van der Waals surface area contributed by atoms with E-state index in [1.165, 1.54) is 6.07 Å². The van der Waals surface area contributed by atoms with Crippen molar-refractivity contribution in [3.63, 3.8) is 0 Å². The number of halogens is 1. The van der Waals surface area contributed by atoms with Crippen LogP contribution in [0, 0.1) is 5.82 Å². The Kier molecular flexibility index (Phi) is 6.19. The van der Waals surface area contributed by atoms with E-state index in [9.17, 15) is 4.39 Å². The summed E-state index contributed by atoms with van der Waals surface area (Å²) in [6.07, 6.45) is 0.751. The molecule has 2 aromatic rings. The van der Waals surface area contributed by atoms with Gasteiger partial charge in [-0.3, -0.25) is 0 Å². The Balaban J connectivity index is 1.63. The number of rotatable bonds is 8. The third-order valence-electron chi connectivity index (χ3n) is 3.05. The third kappa shape index (κ3) is 5.17. The van der Waals surface area contributed by atoms with E-state index in [1.54, 1.807) is 18.2 Å². The standard InChI is InChI=1S/C17H20FNO2/c18-17-8-2-1-6-15(17)13-20-9-4-10-21-16-7-3-5-14(11-16)12-19/h1-3,5-8,11H,4,9-10,12-13,19H2. The van der Waals surface area contributed by atoms with E-state index in [0.717, 1.165) is 17.7 Å². The lowest BCUT2D eigenvalue weighted by molar-refractivity contribution is 0.105. The molecule has 0 bridgehead atoms. The maximum atomic E-state index is 13.3. The van der Waals surface area contributed by atoms with Crippen molar-refractivity contribution < 1.29 is 13.9 Å². The van der Waals surface area contributed by atoms with Gasteiger partial charge in [0.15, 0.2) is 0 Å². The summed E-state index contributed by atoms with van der Waals surface area (Å²) in [5, 5.41) is 0. The molecule has 0 aliphatic heterocycles. The van der Waals surface area contributed by atoms with Crippen LogP contribution < -0.4 is 10.5 Å². The lowest BCUT2D eigenvalue weighted by atomic mass is 10.2. The SMILES string of the molecule is NCc1cccc(OCCCOCc2ccccc2F)c1. The van der Waals surface area contributed by atoms with Crippen LogP contribution >= 0.6 is 0 Å². The van der Waals surface area contributed by atoms with Gasteiger partial charge in [0, 0.05) is 18.5 Å². The highest BCUT2D eigenvalue weighted by Gasteiger charge is 2.00. The Morgan fingerprint density at radius 3 is 2.67 bits per heavy atom. The molecule has 0 aliphatic carbocycles. The Bertz CT molecular complexity index is 560. The average molecular weight is 289 g/mol. The third-order valence-corrected chi connectivity index (χ3v) is 3.05. The molecule has 0 spiro atoms. The van der Waals surface area contributed by atoms with Crippen molar-refractivity contribution in [1.29, 1.82) is 0 Å². The summed E-state index contributed by atoms with van der Waals surface area (Å²) in [7, 11) is 0. The van der Waals surface area contributed by atoms with Gasteiger partial charge in [0.05, 0.1) is 19.8 Å². The predicted octanol–water partition coefficient (Wildman–Crippen LogP) is 3.27. The van der Waals surface area contributed by atoms with Crippen LogP contribution in [0.2, 0.25) is 0 Å². The van der Waals surface area contributed by atoms with Gasteiger partial charge < -0.3 is 15.2 Å². The predicted molar refractivity (Wildman–Crippen MR) is 80.5 cm³/mol. The topological polar surface area (TPSA) is 44.5 Å². The van der Waals surface area contributed by atoms with Crippen LogP contribution in [0.15, 0.2) is 48.5 Å². The van der Waals surface area contributed by atoms with Crippen molar-refractivity contribution in [3.05, 3.63) is 65.5 Å². The van der Waals surface area contributed by atoms with Gasteiger partial charge >= 0.3 is 0 Å². The monoisotopic (exact) mass is 289 g/mol. The van der Waals surface area contributed by atoms with Gasteiger partial charge in [0.1, 0.15) is 11.6 Å². The highest BCUT2D eigenvalue weighted by atomic mass is 19.1. The van der Waals surface area contributed by atoms with Crippen LogP contribution in [-0.4, -0.2) is 13.2 Å². The van der Waals surface area contributed by atoms with Crippen LogP contribution in [0.4, 0.5) is 4.39 Å². The molecule has 2 aromatic carbocycles. The molecule has 0 saturated heterocycles. The summed E-state index contributed by atoms with van der Waals surface area (Å²) in [6, 6.07) is 14.4. The van der Waals surface area contributed by atoms with Crippen LogP contribution in [0.3, 0.4) is 0 Å². The molecule has 3 nitrogen and oxygen atoms in total. The van der Waals surface area contributed by atoms with Crippen LogP contribution in [0.25, 0.3) is 0 Å². The molecule has 4 heteroatoms. The first-order valence-electron chi connectivity index (χ1n) is 7.02. The van der Waals surface area contributed by atoms with E-state index >= 15 is 0 Å². The number of benzene rings is 2. The summed E-state index contributed by atoms with van der Waals surface area (Å²) in [5.74, 6) is 0.583. The second-order valence-electron chi connectivity index (χ2n) is 4.70. The molecule has 0 amide bonds. The fraction of sp³-hybridized carbons (Fsp3) is 0.294. The molecule has 2 N–H and O–H groups in total. The molecular weight excluding hydrogens is 269 g/mol. The largest absolute Gasteiger partial charge is 0.493 e. The van der Waals surface area contributed by atoms with Crippen molar-refractivity contribution in [2.45, 2.75) is 19.6 Å². The Morgan fingerprint density at radius 1 is 1.00 bits per heavy atom. The molecule has 112 valence electrons. The first-order valence-corrected chi connectivity index (χ1v) is 7.02. The van der Waals surface area contributed by atoms with Gasteiger partial charge in [-0.2, -0.15) is 0 Å². The van der Waals surface area contributed by atoms with E-state index in [2.05, 4.69) is 0 Å². The van der Waals surface area contributed by atoms with Crippen molar-refractivity contribution >= 4 is 0 Å². The summed E-state index contributed by atoms with van der Waals surface area (Å²) in [4.78, 5) is 0. The van der Waals surface area contributed by atoms with E-state index in [-0.39, 0.29) is 12.4 Å². The van der Waals surface area contributed by atoms with E-state index in [1.807, 2.05) is 24.3 Å². The lowest BCUT2D eigenvalue weighted by Gasteiger charge is -2.08.